The van der Waals surface area contributed by atoms with Gasteiger partial charge < -0.3 is 14.6 Å². The highest BCUT2D eigenvalue weighted by molar-refractivity contribution is 5.71. The number of para-hydroxylation sites is 1. The number of likely N-dealkylation sites (tertiary alicyclic amines) is 1. The van der Waals surface area contributed by atoms with E-state index in [0.29, 0.717) is 18.2 Å². The van der Waals surface area contributed by atoms with E-state index in [1.54, 1.807) is 12.3 Å². The quantitative estimate of drug-likeness (QED) is 0.808. The highest BCUT2D eigenvalue weighted by atomic mass is 16.3. The lowest BCUT2D eigenvalue weighted by Gasteiger charge is -2.14. The number of likely N-dealkylation sites (N-methyl/N-ethyl adjacent to an activating group) is 1. The highest BCUT2D eigenvalue weighted by Crippen LogP contribution is 2.29. The van der Waals surface area contributed by atoms with Gasteiger partial charge in [-0.05, 0) is 38.2 Å². The van der Waals surface area contributed by atoms with E-state index < -0.39 is 0 Å². The van der Waals surface area contributed by atoms with Crippen LogP contribution >= 0.6 is 0 Å². The SMILES string of the molecule is CN1CCC(c2nc3cccnc3n2Cc2ccccc2O)C1. The van der Waals surface area contributed by atoms with Gasteiger partial charge in [0.1, 0.15) is 17.1 Å². The first-order chi connectivity index (χ1) is 11.2. The molecular weight excluding hydrogens is 288 g/mol. The lowest BCUT2D eigenvalue weighted by Crippen LogP contribution is -2.16. The number of rotatable bonds is 3. The Labute approximate surface area is 135 Å². The largest absolute Gasteiger partial charge is 0.508 e. The summed E-state index contributed by atoms with van der Waals surface area (Å²) in [5, 5.41) is 10.1. The first-order valence-electron chi connectivity index (χ1n) is 7.99. The molecule has 2 aromatic heterocycles. The fourth-order valence-electron chi connectivity index (χ4n) is 3.40. The van der Waals surface area contributed by atoms with E-state index in [4.69, 9.17) is 4.98 Å². The van der Waals surface area contributed by atoms with Crippen LogP contribution in [0.15, 0.2) is 42.6 Å². The van der Waals surface area contributed by atoms with Crippen LogP contribution < -0.4 is 0 Å². The van der Waals surface area contributed by atoms with Crippen molar-refractivity contribution in [2.75, 3.05) is 20.1 Å². The molecule has 1 N–H and O–H groups in total. The Morgan fingerprint density at radius 3 is 2.87 bits per heavy atom. The number of hydrogen-bond acceptors (Lipinski definition) is 4. The van der Waals surface area contributed by atoms with Gasteiger partial charge in [-0.2, -0.15) is 0 Å². The van der Waals surface area contributed by atoms with Gasteiger partial charge in [-0.3, -0.25) is 0 Å². The van der Waals surface area contributed by atoms with E-state index in [2.05, 4.69) is 21.5 Å². The molecule has 4 rings (SSSR count). The minimum absolute atomic E-state index is 0.319. The number of aromatic nitrogens is 3. The number of benzene rings is 1. The Hall–Kier alpha value is -2.40. The van der Waals surface area contributed by atoms with Gasteiger partial charge in [0.15, 0.2) is 5.65 Å². The second-order valence-corrected chi connectivity index (χ2v) is 6.28. The van der Waals surface area contributed by atoms with Crippen molar-refractivity contribution in [3.05, 3.63) is 54.0 Å². The Balaban J connectivity index is 1.81. The average Bonchev–Trinajstić information content (AvgIpc) is 3.14. The molecule has 1 saturated heterocycles. The maximum absolute atomic E-state index is 10.1. The third kappa shape index (κ3) is 2.57. The Morgan fingerprint density at radius 2 is 2.09 bits per heavy atom. The molecule has 3 heterocycles. The van der Waals surface area contributed by atoms with Crippen molar-refractivity contribution in [2.24, 2.45) is 0 Å². The van der Waals surface area contributed by atoms with Crippen molar-refractivity contribution in [3.63, 3.8) is 0 Å². The molecule has 0 bridgehead atoms. The molecule has 1 unspecified atom stereocenters. The lowest BCUT2D eigenvalue weighted by molar-refractivity contribution is 0.408. The van der Waals surface area contributed by atoms with Crippen molar-refractivity contribution in [3.8, 4) is 5.75 Å². The molecule has 1 aliphatic heterocycles. The van der Waals surface area contributed by atoms with E-state index in [-0.39, 0.29) is 0 Å². The Bertz CT molecular complexity index is 842. The van der Waals surface area contributed by atoms with Crippen LogP contribution in [0, 0.1) is 0 Å². The number of phenols is 1. The van der Waals surface area contributed by atoms with Crippen molar-refractivity contribution in [1.82, 2.24) is 19.4 Å². The van der Waals surface area contributed by atoms with Crippen molar-refractivity contribution in [2.45, 2.75) is 18.9 Å². The van der Waals surface area contributed by atoms with E-state index in [1.165, 1.54) is 0 Å². The fraction of sp³-hybridized carbons (Fsp3) is 0.333. The normalized spacial score (nSPS) is 18.7. The number of nitrogens with zero attached hydrogens (tertiary/aromatic N) is 4. The van der Waals surface area contributed by atoms with Crippen LogP contribution in [0.25, 0.3) is 11.2 Å². The molecule has 5 nitrogen and oxygen atoms in total. The number of aromatic hydroxyl groups is 1. The molecule has 3 aromatic rings. The first-order valence-corrected chi connectivity index (χ1v) is 7.99. The summed E-state index contributed by atoms with van der Waals surface area (Å²) in [6.07, 6.45) is 2.91. The van der Waals surface area contributed by atoms with Crippen molar-refractivity contribution >= 4 is 11.2 Å². The number of phenolic OH excluding ortho intramolecular Hbond substituents is 1. The summed E-state index contributed by atoms with van der Waals surface area (Å²) in [5.41, 5.74) is 2.71. The van der Waals surface area contributed by atoms with Crippen LogP contribution in [0.3, 0.4) is 0 Å². The molecule has 5 heteroatoms. The second kappa shape index (κ2) is 5.66. The van der Waals surface area contributed by atoms with Gasteiger partial charge in [0.05, 0.1) is 6.54 Å². The van der Waals surface area contributed by atoms with Gasteiger partial charge in [-0.15, -0.1) is 0 Å². The molecule has 1 atom stereocenters. The standard InChI is InChI=1S/C18H20N4O/c1-21-10-8-14(11-21)17-20-15-6-4-9-19-18(15)22(17)12-13-5-2-3-7-16(13)23/h2-7,9,14,23H,8,10-12H2,1H3. The Morgan fingerprint density at radius 1 is 1.22 bits per heavy atom. The number of imidazole rings is 1. The maximum Gasteiger partial charge on any atom is 0.160 e. The van der Waals surface area contributed by atoms with Gasteiger partial charge >= 0.3 is 0 Å². The zero-order valence-corrected chi connectivity index (χ0v) is 13.2. The Kier molecular flexibility index (Phi) is 3.50. The lowest BCUT2D eigenvalue weighted by atomic mass is 10.1. The second-order valence-electron chi connectivity index (χ2n) is 6.28. The molecule has 0 saturated carbocycles. The minimum atomic E-state index is 0.319. The van der Waals surface area contributed by atoms with Crippen LogP contribution in [0.1, 0.15) is 23.7 Å². The van der Waals surface area contributed by atoms with Crippen LogP contribution in [0.5, 0.6) is 5.75 Å². The predicted octanol–water partition coefficient (Wildman–Crippen LogP) is 2.60. The minimum Gasteiger partial charge on any atom is -0.508 e. The highest BCUT2D eigenvalue weighted by Gasteiger charge is 2.27. The van der Waals surface area contributed by atoms with Gasteiger partial charge in [0.2, 0.25) is 0 Å². The number of hydrogen-bond donors (Lipinski definition) is 1. The van der Waals surface area contributed by atoms with Crippen LogP contribution in [0.4, 0.5) is 0 Å². The fourth-order valence-corrected chi connectivity index (χ4v) is 3.40. The topological polar surface area (TPSA) is 54.2 Å². The maximum atomic E-state index is 10.1. The van der Waals surface area contributed by atoms with E-state index >= 15 is 0 Å². The summed E-state index contributed by atoms with van der Waals surface area (Å²) in [4.78, 5) is 11.7. The van der Waals surface area contributed by atoms with Crippen LogP contribution in [-0.4, -0.2) is 44.7 Å². The summed E-state index contributed by atoms with van der Waals surface area (Å²) in [6, 6.07) is 11.4. The third-order valence-electron chi connectivity index (χ3n) is 4.61. The molecule has 23 heavy (non-hydrogen) atoms. The monoisotopic (exact) mass is 308 g/mol. The molecule has 1 fully saturated rings. The average molecular weight is 308 g/mol. The molecule has 0 spiro atoms. The van der Waals surface area contributed by atoms with Gasteiger partial charge in [0, 0.05) is 24.2 Å². The number of fused-ring (bicyclic) bond motifs is 1. The van der Waals surface area contributed by atoms with Gasteiger partial charge in [-0.25, -0.2) is 9.97 Å². The van der Waals surface area contributed by atoms with Gasteiger partial charge in [-0.1, -0.05) is 18.2 Å². The molecule has 0 aliphatic carbocycles. The zero-order valence-electron chi connectivity index (χ0n) is 13.2. The first kappa shape index (κ1) is 14.2. The van der Waals surface area contributed by atoms with Crippen LogP contribution in [-0.2, 0) is 6.54 Å². The van der Waals surface area contributed by atoms with Crippen molar-refractivity contribution < 1.29 is 5.11 Å². The summed E-state index contributed by atoms with van der Waals surface area (Å²) < 4.78 is 2.16. The van der Waals surface area contributed by atoms with Gasteiger partial charge in [0.25, 0.3) is 0 Å². The van der Waals surface area contributed by atoms with Crippen molar-refractivity contribution in [1.29, 1.82) is 0 Å². The van der Waals surface area contributed by atoms with E-state index in [1.807, 2.05) is 30.3 Å². The predicted molar refractivity (Wildman–Crippen MR) is 89.6 cm³/mol. The molecule has 1 aromatic carbocycles. The summed E-state index contributed by atoms with van der Waals surface area (Å²) in [7, 11) is 2.15. The summed E-state index contributed by atoms with van der Waals surface area (Å²) >= 11 is 0. The third-order valence-corrected chi connectivity index (χ3v) is 4.61. The molecule has 1 aliphatic rings. The van der Waals surface area contributed by atoms with E-state index in [9.17, 15) is 5.11 Å². The zero-order chi connectivity index (χ0) is 15.8. The van der Waals surface area contributed by atoms with Crippen LogP contribution in [0.2, 0.25) is 0 Å². The molecule has 118 valence electrons. The molecular formula is C18H20N4O. The number of pyridine rings is 1. The van der Waals surface area contributed by atoms with E-state index in [0.717, 1.165) is 42.1 Å². The molecule has 0 amide bonds. The summed E-state index contributed by atoms with van der Waals surface area (Å²) in [6.45, 7) is 2.71. The smallest absolute Gasteiger partial charge is 0.160 e. The summed E-state index contributed by atoms with van der Waals surface area (Å²) in [5.74, 6) is 1.81. The molecule has 0 radical (unpaired) electrons.